The van der Waals surface area contributed by atoms with E-state index < -0.39 is 15.6 Å². The first-order chi connectivity index (χ1) is 7.76. The molecule has 0 saturated heterocycles. The van der Waals surface area contributed by atoms with Crippen molar-refractivity contribution in [3.05, 3.63) is 24.3 Å². The molecule has 0 atom stereocenters. The average Bonchev–Trinajstić information content (AvgIpc) is 2.26. The lowest BCUT2D eigenvalue weighted by molar-refractivity contribution is 0.497. The van der Waals surface area contributed by atoms with Crippen LogP contribution in [0.1, 0.15) is 13.8 Å². The molecule has 0 spiro atoms. The van der Waals surface area contributed by atoms with Crippen LogP contribution in [-0.4, -0.2) is 26.8 Å². The molecule has 0 amide bonds. The Morgan fingerprint density at radius 1 is 1.35 bits per heavy atom. The first kappa shape index (κ1) is 14.5. The van der Waals surface area contributed by atoms with Gasteiger partial charge in [0, 0.05) is 17.0 Å². The fraction of sp³-hybridized carbons (Fsp3) is 0.455. The summed E-state index contributed by atoms with van der Waals surface area (Å²) < 4.78 is 26.7. The highest BCUT2D eigenvalue weighted by Gasteiger charge is 2.20. The molecule has 6 heteroatoms. The number of nitrogens with one attached hydrogen (secondary N) is 1. The topological polar surface area (TPSA) is 72.2 Å². The zero-order valence-electron chi connectivity index (χ0n) is 10.2. The van der Waals surface area contributed by atoms with E-state index in [1.807, 2.05) is 12.3 Å². The lowest BCUT2D eigenvalue weighted by Gasteiger charge is -2.19. The Kier molecular flexibility index (Phi) is 4.60. The highest BCUT2D eigenvalue weighted by atomic mass is 32.2. The minimum absolute atomic E-state index is 0.206. The van der Waals surface area contributed by atoms with Gasteiger partial charge < -0.3 is 5.73 Å². The summed E-state index contributed by atoms with van der Waals surface area (Å²) in [6.07, 6.45) is 1.85. The van der Waals surface area contributed by atoms with Crippen molar-refractivity contribution >= 4 is 21.8 Å². The molecule has 0 heterocycles. The van der Waals surface area contributed by atoms with Crippen LogP contribution in [0, 0.1) is 0 Å². The quantitative estimate of drug-likeness (QED) is 0.797. The number of sulfonamides is 1. The molecular formula is C11H18N2O2S2. The van der Waals surface area contributed by atoms with Crippen molar-refractivity contribution < 1.29 is 8.42 Å². The van der Waals surface area contributed by atoms with Gasteiger partial charge in [-0.25, -0.2) is 13.1 Å². The molecule has 1 rings (SSSR count). The van der Waals surface area contributed by atoms with E-state index >= 15 is 0 Å². The molecule has 0 aliphatic rings. The third-order valence-electron chi connectivity index (χ3n) is 2.08. The van der Waals surface area contributed by atoms with Gasteiger partial charge in [-0.3, -0.25) is 0 Å². The Morgan fingerprint density at radius 3 is 2.47 bits per heavy atom. The summed E-state index contributed by atoms with van der Waals surface area (Å²) in [6.45, 7) is 3.75. The second-order valence-corrected chi connectivity index (χ2v) is 7.05. The summed E-state index contributed by atoms with van der Waals surface area (Å²) in [7, 11) is -3.49. The van der Waals surface area contributed by atoms with Crippen LogP contribution in [0.2, 0.25) is 0 Å². The molecule has 3 N–H and O–H groups in total. The molecule has 0 radical (unpaired) electrons. The predicted molar refractivity (Wildman–Crippen MR) is 71.7 cm³/mol. The number of benzene rings is 1. The SMILES string of the molecule is CSc1ccccc1S(=O)(=O)NCC(C)(C)N. The molecule has 0 unspecified atom stereocenters. The highest BCUT2D eigenvalue weighted by molar-refractivity contribution is 7.99. The molecule has 4 nitrogen and oxygen atoms in total. The molecule has 0 aliphatic carbocycles. The standard InChI is InChI=1S/C11H18N2O2S2/c1-11(2,12)8-13-17(14,15)10-7-5-4-6-9(10)16-3/h4-7,13H,8,12H2,1-3H3. The lowest BCUT2D eigenvalue weighted by Crippen LogP contribution is -2.45. The van der Waals surface area contributed by atoms with Crippen molar-refractivity contribution in [1.29, 1.82) is 0 Å². The first-order valence-corrected chi connectivity index (χ1v) is 7.88. The largest absolute Gasteiger partial charge is 0.324 e. The molecule has 1 aromatic rings. The van der Waals surface area contributed by atoms with Gasteiger partial charge in [-0.1, -0.05) is 12.1 Å². The third-order valence-corrected chi connectivity index (χ3v) is 4.46. The fourth-order valence-electron chi connectivity index (χ4n) is 1.20. The molecular weight excluding hydrogens is 256 g/mol. The zero-order valence-corrected chi connectivity index (χ0v) is 11.9. The van der Waals surface area contributed by atoms with Gasteiger partial charge in [-0.05, 0) is 32.2 Å². The van der Waals surface area contributed by atoms with Crippen molar-refractivity contribution in [2.24, 2.45) is 5.73 Å². The van der Waals surface area contributed by atoms with E-state index in [0.29, 0.717) is 4.90 Å². The monoisotopic (exact) mass is 274 g/mol. The summed E-state index contributed by atoms with van der Waals surface area (Å²) in [4.78, 5) is 1.03. The van der Waals surface area contributed by atoms with Crippen LogP contribution in [0.5, 0.6) is 0 Å². The average molecular weight is 274 g/mol. The van der Waals surface area contributed by atoms with Gasteiger partial charge in [0.25, 0.3) is 0 Å². The Morgan fingerprint density at radius 2 is 1.94 bits per heavy atom. The number of hydrogen-bond acceptors (Lipinski definition) is 4. The second-order valence-electron chi connectivity index (χ2n) is 4.46. The summed E-state index contributed by atoms with van der Waals surface area (Å²) in [5.41, 5.74) is 5.19. The normalized spacial score (nSPS) is 12.7. The lowest BCUT2D eigenvalue weighted by atomic mass is 10.1. The van der Waals surface area contributed by atoms with E-state index in [9.17, 15) is 8.42 Å². The molecule has 0 bridgehead atoms. The molecule has 0 fully saturated rings. The van der Waals surface area contributed by atoms with Gasteiger partial charge in [0.15, 0.2) is 0 Å². The maximum Gasteiger partial charge on any atom is 0.241 e. The van der Waals surface area contributed by atoms with Crippen molar-refractivity contribution in [1.82, 2.24) is 4.72 Å². The molecule has 0 aromatic heterocycles. The number of thioether (sulfide) groups is 1. The van der Waals surface area contributed by atoms with E-state index in [0.717, 1.165) is 4.90 Å². The Hall–Kier alpha value is -0.560. The van der Waals surface area contributed by atoms with Crippen LogP contribution in [-0.2, 0) is 10.0 Å². The number of hydrogen-bond donors (Lipinski definition) is 2. The number of nitrogens with two attached hydrogens (primary N) is 1. The maximum absolute atomic E-state index is 12.1. The Bertz CT molecular complexity index is 478. The van der Waals surface area contributed by atoms with Crippen LogP contribution < -0.4 is 10.5 Å². The summed E-state index contributed by atoms with van der Waals surface area (Å²) in [6, 6.07) is 6.91. The number of rotatable bonds is 5. The molecule has 96 valence electrons. The summed E-state index contributed by atoms with van der Waals surface area (Å²) >= 11 is 1.41. The molecule has 0 aliphatic heterocycles. The second kappa shape index (κ2) is 5.39. The summed E-state index contributed by atoms with van der Waals surface area (Å²) in [5, 5.41) is 0. The zero-order chi connectivity index (χ0) is 13.1. The third kappa shape index (κ3) is 4.31. The van der Waals surface area contributed by atoms with E-state index in [2.05, 4.69) is 4.72 Å². The highest BCUT2D eigenvalue weighted by Crippen LogP contribution is 2.23. The van der Waals surface area contributed by atoms with Gasteiger partial charge in [0.2, 0.25) is 10.0 Å². The molecule has 0 saturated carbocycles. The van der Waals surface area contributed by atoms with E-state index in [1.54, 1.807) is 32.0 Å². The minimum atomic E-state index is -3.49. The predicted octanol–water partition coefficient (Wildman–Crippen LogP) is 1.42. The maximum atomic E-state index is 12.1. The van der Waals surface area contributed by atoms with Gasteiger partial charge in [0.05, 0.1) is 4.90 Å². The Balaban J connectivity index is 2.98. The van der Waals surface area contributed by atoms with Gasteiger partial charge in [-0.2, -0.15) is 0 Å². The van der Waals surface area contributed by atoms with Gasteiger partial charge in [-0.15, -0.1) is 11.8 Å². The van der Waals surface area contributed by atoms with Crippen LogP contribution in [0.15, 0.2) is 34.1 Å². The fourth-order valence-corrected chi connectivity index (χ4v) is 3.57. The van der Waals surface area contributed by atoms with Crippen molar-refractivity contribution in [2.75, 3.05) is 12.8 Å². The Labute approximate surface area is 107 Å². The first-order valence-electron chi connectivity index (χ1n) is 5.18. The minimum Gasteiger partial charge on any atom is -0.324 e. The van der Waals surface area contributed by atoms with Crippen LogP contribution in [0.25, 0.3) is 0 Å². The van der Waals surface area contributed by atoms with E-state index in [4.69, 9.17) is 5.73 Å². The molecule has 1 aromatic carbocycles. The van der Waals surface area contributed by atoms with Gasteiger partial charge >= 0.3 is 0 Å². The van der Waals surface area contributed by atoms with Crippen molar-refractivity contribution in [3.63, 3.8) is 0 Å². The van der Waals surface area contributed by atoms with Crippen molar-refractivity contribution in [3.8, 4) is 0 Å². The van der Waals surface area contributed by atoms with Crippen LogP contribution in [0.4, 0.5) is 0 Å². The molecule has 17 heavy (non-hydrogen) atoms. The van der Waals surface area contributed by atoms with Gasteiger partial charge in [0.1, 0.15) is 0 Å². The smallest absolute Gasteiger partial charge is 0.241 e. The van der Waals surface area contributed by atoms with E-state index in [-0.39, 0.29) is 6.54 Å². The van der Waals surface area contributed by atoms with Crippen LogP contribution >= 0.6 is 11.8 Å². The van der Waals surface area contributed by atoms with Crippen molar-refractivity contribution in [2.45, 2.75) is 29.2 Å². The van der Waals surface area contributed by atoms with Crippen LogP contribution in [0.3, 0.4) is 0 Å². The van der Waals surface area contributed by atoms with E-state index in [1.165, 1.54) is 11.8 Å². The summed E-state index contributed by atoms with van der Waals surface area (Å²) in [5.74, 6) is 0.